The Labute approximate surface area is 144 Å². The van der Waals surface area contributed by atoms with Crippen molar-refractivity contribution in [3.05, 3.63) is 35.4 Å². The topological polar surface area (TPSA) is 86.7 Å². The van der Waals surface area contributed by atoms with E-state index >= 15 is 0 Å². The molecule has 2 aliphatic heterocycles. The number of hydrogen-bond donors (Lipinski definition) is 2. The van der Waals surface area contributed by atoms with Crippen LogP contribution in [-0.4, -0.2) is 45.6 Å². The zero-order valence-electron chi connectivity index (χ0n) is 13.6. The SMILES string of the molecule is CC(C)C[C@H](NC(=O)[C@H]1CS[C@@H]2c3ccccc3C(=O)N12)C(=O)O. The number of aliphatic carboxylic acids is 1. The van der Waals surface area contributed by atoms with E-state index in [-0.39, 0.29) is 23.1 Å². The van der Waals surface area contributed by atoms with E-state index in [2.05, 4.69) is 5.32 Å². The number of nitrogens with one attached hydrogen (secondary N) is 1. The van der Waals surface area contributed by atoms with Gasteiger partial charge in [-0.15, -0.1) is 11.8 Å². The first-order chi connectivity index (χ1) is 11.4. The monoisotopic (exact) mass is 348 g/mol. The Morgan fingerprint density at radius 2 is 2.08 bits per heavy atom. The van der Waals surface area contributed by atoms with Crippen LogP contribution in [0.3, 0.4) is 0 Å². The maximum Gasteiger partial charge on any atom is 0.326 e. The van der Waals surface area contributed by atoms with Gasteiger partial charge >= 0.3 is 5.97 Å². The number of benzene rings is 1. The minimum Gasteiger partial charge on any atom is -0.480 e. The standard InChI is InChI=1S/C17H20N2O4S/c1-9(2)7-12(17(22)23)18-14(20)13-8-24-16-11-6-4-3-5-10(11)15(21)19(13)16/h3-6,9,12-13,16H,7-8H2,1-2H3,(H,18,20)(H,22,23)/t12-,13+,16+/m0/s1. The van der Waals surface area contributed by atoms with Gasteiger partial charge in [-0.05, 0) is 24.0 Å². The number of hydrogen-bond acceptors (Lipinski definition) is 4. The van der Waals surface area contributed by atoms with E-state index < -0.39 is 18.1 Å². The van der Waals surface area contributed by atoms with Crippen molar-refractivity contribution < 1.29 is 19.5 Å². The Bertz CT molecular complexity index is 691. The molecule has 2 heterocycles. The second-order valence-electron chi connectivity index (χ2n) is 6.53. The third-order valence-electron chi connectivity index (χ3n) is 4.32. The second-order valence-corrected chi connectivity index (χ2v) is 7.64. The molecule has 1 saturated heterocycles. The van der Waals surface area contributed by atoms with Gasteiger partial charge in [0.1, 0.15) is 17.5 Å². The number of nitrogens with zero attached hydrogens (tertiary/aromatic N) is 1. The summed E-state index contributed by atoms with van der Waals surface area (Å²) in [5, 5.41) is 11.7. The van der Waals surface area contributed by atoms with Gasteiger partial charge in [0, 0.05) is 11.3 Å². The van der Waals surface area contributed by atoms with Crippen molar-refractivity contribution >= 4 is 29.5 Å². The third-order valence-corrected chi connectivity index (χ3v) is 5.62. The Morgan fingerprint density at radius 1 is 1.38 bits per heavy atom. The fourth-order valence-corrected chi connectivity index (χ4v) is 4.67. The van der Waals surface area contributed by atoms with E-state index in [1.54, 1.807) is 22.7 Å². The molecule has 1 fully saturated rings. The highest BCUT2D eigenvalue weighted by atomic mass is 32.2. The zero-order valence-corrected chi connectivity index (χ0v) is 14.4. The lowest BCUT2D eigenvalue weighted by atomic mass is 10.0. The first kappa shape index (κ1) is 16.8. The molecule has 0 aliphatic carbocycles. The molecule has 0 unspecified atom stereocenters. The lowest BCUT2D eigenvalue weighted by Crippen LogP contribution is -2.51. The summed E-state index contributed by atoms with van der Waals surface area (Å²) in [7, 11) is 0. The summed E-state index contributed by atoms with van der Waals surface area (Å²) in [5.41, 5.74) is 1.56. The molecular weight excluding hydrogens is 328 g/mol. The predicted molar refractivity (Wildman–Crippen MR) is 90.6 cm³/mol. The van der Waals surface area contributed by atoms with Gasteiger partial charge in [-0.25, -0.2) is 4.79 Å². The number of carboxylic acid groups (broad SMARTS) is 1. The molecular formula is C17H20N2O4S. The van der Waals surface area contributed by atoms with E-state index in [9.17, 15) is 19.5 Å². The number of thioether (sulfide) groups is 1. The lowest BCUT2D eigenvalue weighted by Gasteiger charge is -2.25. The summed E-state index contributed by atoms with van der Waals surface area (Å²) < 4.78 is 0. The third kappa shape index (κ3) is 2.88. The summed E-state index contributed by atoms with van der Waals surface area (Å²) >= 11 is 1.54. The van der Waals surface area contributed by atoms with Crippen molar-refractivity contribution in [2.45, 2.75) is 37.7 Å². The maximum absolute atomic E-state index is 12.6. The molecule has 0 radical (unpaired) electrons. The molecule has 3 rings (SSSR count). The number of fused-ring (bicyclic) bond motifs is 3. The minimum absolute atomic E-state index is 0.148. The van der Waals surface area contributed by atoms with E-state index in [0.29, 0.717) is 17.7 Å². The highest BCUT2D eigenvalue weighted by Crippen LogP contribution is 2.48. The van der Waals surface area contributed by atoms with Gasteiger partial charge < -0.3 is 15.3 Å². The van der Waals surface area contributed by atoms with Gasteiger partial charge in [-0.3, -0.25) is 9.59 Å². The van der Waals surface area contributed by atoms with Crippen molar-refractivity contribution in [1.82, 2.24) is 10.2 Å². The van der Waals surface area contributed by atoms with Crippen molar-refractivity contribution in [2.24, 2.45) is 5.92 Å². The van der Waals surface area contributed by atoms with Crippen LogP contribution < -0.4 is 5.32 Å². The fourth-order valence-electron chi connectivity index (χ4n) is 3.20. The predicted octanol–water partition coefficient (Wildman–Crippen LogP) is 1.87. The van der Waals surface area contributed by atoms with Crippen LogP contribution in [0.15, 0.2) is 24.3 Å². The van der Waals surface area contributed by atoms with Crippen LogP contribution in [0.2, 0.25) is 0 Å². The van der Waals surface area contributed by atoms with Crippen molar-refractivity contribution in [3.63, 3.8) is 0 Å². The van der Waals surface area contributed by atoms with Gasteiger partial charge in [-0.1, -0.05) is 32.0 Å². The lowest BCUT2D eigenvalue weighted by molar-refractivity contribution is -0.142. The molecule has 1 aromatic carbocycles. The number of amides is 2. The van der Waals surface area contributed by atoms with Gasteiger partial charge in [0.2, 0.25) is 5.91 Å². The maximum atomic E-state index is 12.6. The summed E-state index contributed by atoms with van der Waals surface area (Å²) in [6, 6.07) is 5.80. The van der Waals surface area contributed by atoms with Gasteiger partial charge in [0.25, 0.3) is 5.91 Å². The molecule has 2 aliphatic rings. The number of carbonyl (C=O) groups is 3. The van der Waals surface area contributed by atoms with Crippen LogP contribution in [0.25, 0.3) is 0 Å². The van der Waals surface area contributed by atoms with E-state index in [4.69, 9.17) is 0 Å². The molecule has 0 saturated carbocycles. The Morgan fingerprint density at radius 3 is 2.75 bits per heavy atom. The van der Waals surface area contributed by atoms with E-state index in [0.717, 1.165) is 5.56 Å². The first-order valence-electron chi connectivity index (χ1n) is 7.96. The zero-order chi connectivity index (χ0) is 17.4. The first-order valence-corrected chi connectivity index (χ1v) is 9.01. The average Bonchev–Trinajstić information content (AvgIpc) is 3.07. The van der Waals surface area contributed by atoms with E-state index in [1.807, 2.05) is 32.0 Å². The Kier molecular flexibility index (Phi) is 4.54. The minimum atomic E-state index is -1.05. The average molecular weight is 348 g/mol. The molecule has 128 valence electrons. The second kappa shape index (κ2) is 6.47. The van der Waals surface area contributed by atoms with Crippen LogP contribution >= 0.6 is 11.8 Å². The molecule has 0 spiro atoms. The number of carboxylic acids is 1. The highest BCUT2D eigenvalue weighted by molar-refractivity contribution is 7.99. The fraction of sp³-hybridized carbons (Fsp3) is 0.471. The Hall–Kier alpha value is -2.02. The molecule has 6 nitrogen and oxygen atoms in total. The van der Waals surface area contributed by atoms with E-state index in [1.165, 1.54) is 0 Å². The molecule has 0 aromatic heterocycles. The molecule has 7 heteroatoms. The largest absolute Gasteiger partial charge is 0.480 e. The number of rotatable bonds is 5. The van der Waals surface area contributed by atoms with Gasteiger partial charge in [0.05, 0.1) is 0 Å². The van der Waals surface area contributed by atoms with Crippen LogP contribution in [0, 0.1) is 5.92 Å². The molecule has 2 N–H and O–H groups in total. The van der Waals surface area contributed by atoms with Crippen molar-refractivity contribution in [1.29, 1.82) is 0 Å². The van der Waals surface area contributed by atoms with Crippen LogP contribution in [0.4, 0.5) is 0 Å². The van der Waals surface area contributed by atoms with Gasteiger partial charge in [-0.2, -0.15) is 0 Å². The Balaban J connectivity index is 1.76. The van der Waals surface area contributed by atoms with Crippen LogP contribution in [0.1, 0.15) is 41.6 Å². The smallest absolute Gasteiger partial charge is 0.326 e. The molecule has 1 aromatic rings. The van der Waals surface area contributed by atoms with Crippen molar-refractivity contribution in [3.8, 4) is 0 Å². The molecule has 2 amide bonds. The quantitative estimate of drug-likeness (QED) is 0.848. The highest BCUT2D eigenvalue weighted by Gasteiger charge is 2.48. The summed E-state index contributed by atoms with van der Waals surface area (Å²) in [4.78, 5) is 38.1. The summed E-state index contributed by atoms with van der Waals surface area (Å²) in [5.74, 6) is -0.967. The van der Waals surface area contributed by atoms with Gasteiger partial charge in [0.15, 0.2) is 0 Å². The molecule has 3 atom stereocenters. The van der Waals surface area contributed by atoms with Crippen molar-refractivity contribution in [2.75, 3.05) is 5.75 Å². The summed E-state index contributed by atoms with van der Waals surface area (Å²) in [6.45, 7) is 3.81. The van der Waals surface area contributed by atoms with Crippen LogP contribution in [0.5, 0.6) is 0 Å². The summed E-state index contributed by atoms with van der Waals surface area (Å²) in [6.07, 6.45) is 0.360. The molecule has 24 heavy (non-hydrogen) atoms. The number of carbonyl (C=O) groups excluding carboxylic acids is 2. The normalized spacial score (nSPS) is 23.1. The van der Waals surface area contributed by atoms with Crippen LogP contribution in [-0.2, 0) is 9.59 Å². The molecule has 0 bridgehead atoms.